The number of benzene rings is 1. The molecule has 2 rings (SSSR count). The number of hydrogen-bond donors (Lipinski definition) is 2. The lowest BCUT2D eigenvalue weighted by Gasteiger charge is -2.09. The highest BCUT2D eigenvalue weighted by Crippen LogP contribution is 2.25. The zero-order valence-electron chi connectivity index (χ0n) is 12.1. The van der Waals surface area contributed by atoms with E-state index in [-0.39, 0.29) is 27.4 Å². The van der Waals surface area contributed by atoms with Gasteiger partial charge in [0.05, 0.1) is 17.7 Å². The number of hydrogen-bond acceptors (Lipinski definition) is 7. The number of amides is 1. The lowest BCUT2D eigenvalue weighted by Crippen LogP contribution is -2.18. The van der Waals surface area contributed by atoms with Crippen LogP contribution in [0.5, 0.6) is 6.01 Å². The number of aromatic nitrogens is 3. The Balaban J connectivity index is 2.37. The summed E-state index contributed by atoms with van der Waals surface area (Å²) in [6.45, 7) is 1.59. The van der Waals surface area contributed by atoms with Crippen LogP contribution in [-0.2, 0) is 10.0 Å². The van der Waals surface area contributed by atoms with E-state index >= 15 is 0 Å². The van der Waals surface area contributed by atoms with E-state index in [4.69, 9.17) is 21.5 Å². The Bertz CT molecular complexity index is 872. The van der Waals surface area contributed by atoms with E-state index < -0.39 is 15.9 Å². The van der Waals surface area contributed by atoms with E-state index in [1.165, 1.54) is 25.3 Å². The van der Waals surface area contributed by atoms with Crippen molar-refractivity contribution >= 4 is 33.5 Å². The number of sulfonamides is 1. The lowest BCUT2D eigenvalue weighted by molar-refractivity contribution is 0.102. The number of ether oxygens (including phenoxy) is 1. The summed E-state index contributed by atoms with van der Waals surface area (Å²) in [6.07, 6.45) is 0. The number of halogens is 1. The predicted octanol–water partition coefficient (Wildman–Crippen LogP) is 0.742. The minimum atomic E-state index is -4.05. The van der Waals surface area contributed by atoms with Gasteiger partial charge in [0.1, 0.15) is 10.7 Å². The predicted molar refractivity (Wildman–Crippen MR) is 81.9 cm³/mol. The van der Waals surface area contributed by atoms with Crippen LogP contribution in [0.3, 0.4) is 0 Å². The lowest BCUT2D eigenvalue weighted by atomic mass is 10.2. The molecule has 1 heterocycles. The van der Waals surface area contributed by atoms with Gasteiger partial charge in [0.25, 0.3) is 5.91 Å². The monoisotopic (exact) mass is 357 g/mol. The quantitative estimate of drug-likeness (QED) is 0.823. The molecule has 0 aliphatic rings. The molecular weight excluding hydrogens is 346 g/mol. The SMILES string of the molecule is COc1nc(C)nc(NC(=O)c2cccc(S(N)(=O)=O)c2Cl)n1. The fourth-order valence-corrected chi connectivity index (χ4v) is 2.84. The van der Waals surface area contributed by atoms with Gasteiger partial charge in [-0.05, 0) is 19.1 Å². The smallest absolute Gasteiger partial charge is 0.321 e. The highest BCUT2D eigenvalue weighted by Gasteiger charge is 2.20. The fourth-order valence-electron chi connectivity index (χ4n) is 1.68. The van der Waals surface area contributed by atoms with E-state index in [0.29, 0.717) is 5.82 Å². The largest absolute Gasteiger partial charge is 0.467 e. The number of nitrogens with two attached hydrogens (primary N) is 1. The van der Waals surface area contributed by atoms with E-state index in [9.17, 15) is 13.2 Å². The van der Waals surface area contributed by atoms with Gasteiger partial charge in [-0.25, -0.2) is 13.6 Å². The highest BCUT2D eigenvalue weighted by molar-refractivity contribution is 7.89. The van der Waals surface area contributed by atoms with Crippen LogP contribution in [0.4, 0.5) is 5.95 Å². The first-order valence-corrected chi connectivity index (χ1v) is 8.04. The average molecular weight is 358 g/mol. The van der Waals surface area contributed by atoms with Crippen LogP contribution >= 0.6 is 11.6 Å². The van der Waals surface area contributed by atoms with Gasteiger partial charge < -0.3 is 4.74 Å². The zero-order chi connectivity index (χ0) is 17.2. The third-order valence-electron chi connectivity index (χ3n) is 2.65. The van der Waals surface area contributed by atoms with Crippen molar-refractivity contribution < 1.29 is 17.9 Å². The van der Waals surface area contributed by atoms with Crippen molar-refractivity contribution in [3.63, 3.8) is 0 Å². The van der Waals surface area contributed by atoms with Crippen molar-refractivity contribution in [1.29, 1.82) is 0 Å². The molecule has 1 amide bonds. The molecule has 0 radical (unpaired) electrons. The van der Waals surface area contributed by atoms with Crippen LogP contribution in [0.2, 0.25) is 5.02 Å². The maximum Gasteiger partial charge on any atom is 0.321 e. The van der Waals surface area contributed by atoms with Gasteiger partial charge >= 0.3 is 6.01 Å². The van der Waals surface area contributed by atoms with Gasteiger partial charge in [-0.1, -0.05) is 17.7 Å². The van der Waals surface area contributed by atoms with Gasteiger partial charge in [0, 0.05) is 0 Å². The Hall–Kier alpha value is -2.30. The Labute approximate surface area is 136 Å². The maximum absolute atomic E-state index is 12.3. The van der Waals surface area contributed by atoms with E-state index in [1.54, 1.807) is 6.92 Å². The van der Waals surface area contributed by atoms with Crippen LogP contribution in [0.1, 0.15) is 16.2 Å². The second-order valence-electron chi connectivity index (χ2n) is 4.31. The van der Waals surface area contributed by atoms with Crippen LogP contribution in [-0.4, -0.2) is 36.4 Å². The zero-order valence-corrected chi connectivity index (χ0v) is 13.6. The van der Waals surface area contributed by atoms with Crippen molar-refractivity contribution in [3.05, 3.63) is 34.6 Å². The summed E-state index contributed by atoms with van der Waals surface area (Å²) in [5, 5.41) is 7.15. The Kier molecular flexibility index (Phi) is 4.78. The summed E-state index contributed by atoms with van der Waals surface area (Å²) >= 11 is 5.95. The third kappa shape index (κ3) is 3.92. The number of carbonyl (C=O) groups is 1. The summed E-state index contributed by atoms with van der Waals surface area (Å²) < 4.78 is 27.7. The number of nitrogens with zero attached hydrogens (tertiary/aromatic N) is 3. The molecule has 0 spiro atoms. The summed E-state index contributed by atoms with van der Waals surface area (Å²) in [7, 11) is -2.69. The summed E-state index contributed by atoms with van der Waals surface area (Å²) in [4.78, 5) is 23.6. The summed E-state index contributed by atoms with van der Waals surface area (Å²) in [5.41, 5.74) is -0.0878. The normalized spacial score (nSPS) is 11.1. The van der Waals surface area contributed by atoms with Gasteiger partial charge in [-0.2, -0.15) is 15.0 Å². The number of rotatable bonds is 4. The molecular formula is C12H12ClN5O4S. The van der Waals surface area contributed by atoms with Crippen molar-refractivity contribution in [2.45, 2.75) is 11.8 Å². The molecule has 0 aliphatic carbocycles. The molecule has 122 valence electrons. The van der Waals surface area contributed by atoms with Crippen molar-refractivity contribution in [2.75, 3.05) is 12.4 Å². The number of nitrogens with one attached hydrogen (secondary N) is 1. The van der Waals surface area contributed by atoms with Gasteiger partial charge in [0.15, 0.2) is 0 Å². The molecule has 23 heavy (non-hydrogen) atoms. The minimum absolute atomic E-state index is 0.0252. The molecule has 9 nitrogen and oxygen atoms in total. The first-order valence-electron chi connectivity index (χ1n) is 6.11. The first kappa shape index (κ1) is 17.1. The van der Waals surface area contributed by atoms with Crippen LogP contribution in [0, 0.1) is 6.92 Å². The van der Waals surface area contributed by atoms with Crippen molar-refractivity contribution in [2.24, 2.45) is 5.14 Å². The summed E-state index contributed by atoms with van der Waals surface area (Å²) in [5.74, 6) is -0.430. The molecule has 2 aromatic rings. The van der Waals surface area contributed by atoms with Crippen LogP contribution in [0.25, 0.3) is 0 Å². The van der Waals surface area contributed by atoms with Gasteiger partial charge in [0.2, 0.25) is 16.0 Å². The molecule has 0 aliphatic heterocycles. The molecule has 0 bridgehead atoms. The standard InChI is InChI=1S/C12H12ClN5O4S/c1-6-15-11(18-12(16-6)22-2)17-10(19)7-4-3-5-8(9(7)13)23(14,20)21/h3-5H,1-2H3,(H2,14,20,21)(H,15,16,17,18,19). The van der Waals surface area contributed by atoms with Gasteiger partial charge in [-0.3, -0.25) is 10.1 Å². The van der Waals surface area contributed by atoms with Crippen LogP contribution < -0.4 is 15.2 Å². The molecule has 1 aromatic heterocycles. The maximum atomic E-state index is 12.3. The Morgan fingerprint density at radius 2 is 2.00 bits per heavy atom. The number of carbonyl (C=O) groups excluding carboxylic acids is 1. The Morgan fingerprint density at radius 1 is 1.30 bits per heavy atom. The van der Waals surface area contributed by atoms with E-state index in [2.05, 4.69) is 20.3 Å². The number of aryl methyl sites for hydroxylation is 1. The molecule has 1 aromatic carbocycles. The summed E-state index contributed by atoms with van der Waals surface area (Å²) in [6, 6.07) is 3.92. The second kappa shape index (κ2) is 6.44. The number of primary sulfonamides is 1. The molecule has 0 saturated carbocycles. The average Bonchev–Trinajstić information content (AvgIpc) is 2.45. The van der Waals surface area contributed by atoms with Crippen molar-refractivity contribution in [1.82, 2.24) is 15.0 Å². The fraction of sp³-hybridized carbons (Fsp3) is 0.167. The molecule has 0 saturated heterocycles. The minimum Gasteiger partial charge on any atom is -0.467 e. The number of methoxy groups -OCH3 is 1. The molecule has 0 unspecified atom stereocenters. The van der Waals surface area contributed by atoms with Crippen molar-refractivity contribution in [3.8, 4) is 6.01 Å². The molecule has 0 atom stereocenters. The number of anilines is 1. The second-order valence-corrected chi connectivity index (χ2v) is 6.22. The van der Waals surface area contributed by atoms with E-state index in [0.717, 1.165) is 0 Å². The highest BCUT2D eigenvalue weighted by atomic mass is 35.5. The topological polar surface area (TPSA) is 137 Å². The molecule has 11 heteroatoms. The molecule has 3 N–H and O–H groups in total. The molecule has 0 fully saturated rings. The first-order chi connectivity index (χ1) is 10.7. The van der Waals surface area contributed by atoms with Gasteiger partial charge in [-0.15, -0.1) is 0 Å². The van der Waals surface area contributed by atoms with E-state index in [1.807, 2.05) is 0 Å². The third-order valence-corrected chi connectivity index (χ3v) is 4.12. The Morgan fingerprint density at radius 3 is 2.61 bits per heavy atom. The van der Waals surface area contributed by atoms with Crippen LogP contribution in [0.15, 0.2) is 23.1 Å².